The Kier molecular flexibility index (Phi) is 7.28. The number of anilines is 3. The molecule has 0 aliphatic heterocycles. The van der Waals surface area contributed by atoms with Crippen molar-refractivity contribution in [2.45, 2.75) is 55.5 Å². The number of hydrogen-bond donors (Lipinski definition) is 3. The van der Waals surface area contributed by atoms with Crippen molar-refractivity contribution in [3.05, 3.63) is 72.3 Å². The van der Waals surface area contributed by atoms with Crippen LogP contribution in [0.15, 0.2) is 59.9 Å². The summed E-state index contributed by atoms with van der Waals surface area (Å²) < 4.78 is 54.4. The molecule has 3 N–H and O–H groups in total. The number of imidazole rings is 1. The molecule has 0 radical (unpaired) electrons. The fraction of sp³-hybridized carbons (Fsp3) is 0.357. The van der Waals surface area contributed by atoms with Crippen LogP contribution in [0.25, 0.3) is 5.65 Å². The number of benzene rings is 1. The van der Waals surface area contributed by atoms with Crippen molar-refractivity contribution in [2.75, 3.05) is 21.7 Å². The molecule has 6 rings (SSSR count). The summed E-state index contributed by atoms with van der Waals surface area (Å²) in [5.74, 6) is -1.11. The van der Waals surface area contributed by atoms with Gasteiger partial charge in [-0.2, -0.15) is 0 Å². The van der Waals surface area contributed by atoms with E-state index in [9.17, 15) is 22.0 Å². The standard InChI is InChI=1S/C28H29F2N7O3S/c29-18-3-9-21(10-4-18)41(39,40)16-17-1-5-20(6-2-17)34-26-13-24(33-19-7-8-19)27-32-15-25(37(27)36-26)28(38)35-23-11-12-31-14-22(23)30/h3-4,9-15,17,19-20,33H,1-2,5-8,16H2,(H,34,36)(H,31,35,38). The SMILES string of the molecule is O=C(Nc1ccncc1F)c1cnc2c(NC3CC3)cc(NC3CCC(CS(=O)(=O)c4ccc(F)cc4)CC3)nn12. The highest BCUT2D eigenvalue weighted by Crippen LogP contribution is 2.32. The molecule has 0 atom stereocenters. The lowest BCUT2D eigenvalue weighted by Crippen LogP contribution is -2.30. The number of carbonyl (C=O) groups is 1. The number of sulfone groups is 1. The van der Waals surface area contributed by atoms with Crippen LogP contribution in [0, 0.1) is 17.6 Å². The Morgan fingerprint density at radius 1 is 0.927 bits per heavy atom. The molecule has 0 spiro atoms. The van der Waals surface area contributed by atoms with E-state index < -0.39 is 27.4 Å². The molecule has 4 aromatic rings. The molecule has 2 aliphatic rings. The maximum atomic E-state index is 14.1. The molecule has 0 bridgehead atoms. The molecule has 1 aromatic carbocycles. The van der Waals surface area contributed by atoms with Crippen molar-refractivity contribution in [3.8, 4) is 0 Å². The average Bonchev–Trinajstić information content (AvgIpc) is 3.66. The maximum Gasteiger partial charge on any atom is 0.276 e. The van der Waals surface area contributed by atoms with Crippen molar-refractivity contribution in [3.63, 3.8) is 0 Å². The molecule has 41 heavy (non-hydrogen) atoms. The average molecular weight is 582 g/mol. The monoisotopic (exact) mass is 581 g/mol. The van der Waals surface area contributed by atoms with E-state index in [0.29, 0.717) is 30.3 Å². The molecule has 1 amide bonds. The molecule has 0 unspecified atom stereocenters. The van der Waals surface area contributed by atoms with Crippen molar-refractivity contribution in [1.29, 1.82) is 0 Å². The Morgan fingerprint density at radius 3 is 2.34 bits per heavy atom. The van der Waals surface area contributed by atoms with Gasteiger partial charge in [0.1, 0.15) is 11.6 Å². The maximum absolute atomic E-state index is 14.1. The van der Waals surface area contributed by atoms with Gasteiger partial charge in [0, 0.05) is 24.3 Å². The summed E-state index contributed by atoms with van der Waals surface area (Å²) in [5.41, 5.74) is 1.37. The van der Waals surface area contributed by atoms with Gasteiger partial charge in [-0.1, -0.05) is 0 Å². The van der Waals surface area contributed by atoms with Gasteiger partial charge in [0.2, 0.25) is 0 Å². The summed E-state index contributed by atoms with van der Waals surface area (Å²) >= 11 is 0. The van der Waals surface area contributed by atoms with Gasteiger partial charge < -0.3 is 16.0 Å². The predicted molar refractivity (Wildman–Crippen MR) is 150 cm³/mol. The molecule has 2 aliphatic carbocycles. The third kappa shape index (κ3) is 6.14. The van der Waals surface area contributed by atoms with E-state index in [2.05, 4.69) is 31.0 Å². The first-order valence-electron chi connectivity index (χ1n) is 13.6. The van der Waals surface area contributed by atoms with Crippen molar-refractivity contribution >= 4 is 38.6 Å². The van der Waals surface area contributed by atoms with Gasteiger partial charge in [0.15, 0.2) is 27.0 Å². The number of pyridine rings is 1. The van der Waals surface area contributed by atoms with Gasteiger partial charge in [-0.3, -0.25) is 9.78 Å². The van der Waals surface area contributed by atoms with Gasteiger partial charge in [-0.05, 0) is 74.8 Å². The highest BCUT2D eigenvalue weighted by atomic mass is 32.2. The van der Waals surface area contributed by atoms with Crippen LogP contribution < -0.4 is 16.0 Å². The number of rotatable bonds is 9. The molecular formula is C28H29F2N7O3S. The van der Waals surface area contributed by atoms with Crippen LogP contribution in [0.3, 0.4) is 0 Å². The minimum atomic E-state index is -3.50. The van der Waals surface area contributed by atoms with Gasteiger partial charge in [0.25, 0.3) is 5.91 Å². The second-order valence-corrected chi connectivity index (χ2v) is 12.7. The highest BCUT2D eigenvalue weighted by molar-refractivity contribution is 7.91. The van der Waals surface area contributed by atoms with E-state index in [0.717, 1.165) is 49.7 Å². The lowest BCUT2D eigenvalue weighted by molar-refractivity contribution is 0.102. The van der Waals surface area contributed by atoms with Crippen LogP contribution >= 0.6 is 0 Å². The van der Waals surface area contributed by atoms with Crippen molar-refractivity contribution < 1.29 is 22.0 Å². The Morgan fingerprint density at radius 2 is 1.63 bits per heavy atom. The van der Waals surface area contributed by atoms with E-state index in [1.165, 1.54) is 35.1 Å². The number of amides is 1. The second-order valence-electron chi connectivity index (χ2n) is 10.6. The topological polar surface area (TPSA) is 130 Å². The number of fused-ring (bicyclic) bond motifs is 1. The predicted octanol–water partition coefficient (Wildman–Crippen LogP) is 4.67. The quantitative estimate of drug-likeness (QED) is 0.243. The minimum absolute atomic E-state index is 0.00293. The molecule has 3 heterocycles. The van der Waals surface area contributed by atoms with Crippen LogP contribution in [0.2, 0.25) is 0 Å². The van der Waals surface area contributed by atoms with E-state index in [-0.39, 0.29) is 34.0 Å². The van der Waals surface area contributed by atoms with Crippen LogP contribution in [0.1, 0.15) is 49.0 Å². The molecule has 214 valence electrons. The van der Waals surface area contributed by atoms with Gasteiger partial charge >= 0.3 is 0 Å². The Labute approximate surface area is 235 Å². The largest absolute Gasteiger partial charge is 0.379 e. The lowest BCUT2D eigenvalue weighted by atomic mass is 9.87. The van der Waals surface area contributed by atoms with Crippen molar-refractivity contribution in [2.24, 2.45) is 5.92 Å². The number of nitrogens with zero attached hydrogens (tertiary/aromatic N) is 4. The van der Waals surface area contributed by atoms with Crippen LogP contribution in [-0.2, 0) is 9.84 Å². The third-order valence-electron chi connectivity index (χ3n) is 7.48. The fourth-order valence-corrected chi connectivity index (χ4v) is 6.84. The minimum Gasteiger partial charge on any atom is -0.379 e. The zero-order valence-corrected chi connectivity index (χ0v) is 22.9. The highest BCUT2D eigenvalue weighted by Gasteiger charge is 2.28. The van der Waals surface area contributed by atoms with E-state index in [1.807, 2.05) is 6.07 Å². The Balaban J connectivity index is 1.16. The molecule has 10 nitrogen and oxygen atoms in total. The second kappa shape index (κ2) is 11.0. The van der Waals surface area contributed by atoms with Crippen LogP contribution in [0.4, 0.5) is 26.0 Å². The van der Waals surface area contributed by atoms with E-state index in [4.69, 9.17) is 0 Å². The summed E-state index contributed by atoms with van der Waals surface area (Å²) in [6, 6.07) is 8.58. The number of hydrogen-bond acceptors (Lipinski definition) is 8. The molecular weight excluding hydrogens is 552 g/mol. The van der Waals surface area contributed by atoms with E-state index >= 15 is 0 Å². The van der Waals surface area contributed by atoms with Crippen LogP contribution in [0.5, 0.6) is 0 Å². The molecule has 2 saturated carbocycles. The summed E-state index contributed by atoms with van der Waals surface area (Å²) in [4.78, 5) is 21.3. The summed E-state index contributed by atoms with van der Waals surface area (Å²) in [6.07, 6.45) is 8.81. The zero-order valence-electron chi connectivity index (χ0n) is 22.1. The summed E-state index contributed by atoms with van der Waals surface area (Å²) in [5, 5.41) is 14.1. The van der Waals surface area contributed by atoms with Gasteiger partial charge in [0.05, 0.1) is 34.4 Å². The van der Waals surface area contributed by atoms with Crippen molar-refractivity contribution in [1.82, 2.24) is 19.6 Å². The van der Waals surface area contributed by atoms with Crippen LogP contribution in [-0.4, -0.2) is 51.7 Å². The molecule has 13 heteroatoms. The zero-order chi connectivity index (χ0) is 28.6. The number of carbonyl (C=O) groups excluding carboxylic acids is 1. The number of halogens is 2. The van der Waals surface area contributed by atoms with Gasteiger partial charge in [-0.15, -0.1) is 5.10 Å². The molecule has 3 aromatic heterocycles. The lowest BCUT2D eigenvalue weighted by Gasteiger charge is -2.29. The summed E-state index contributed by atoms with van der Waals surface area (Å²) in [6.45, 7) is 0. The summed E-state index contributed by atoms with van der Waals surface area (Å²) in [7, 11) is -3.50. The first kappa shape index (κ1) is 27.1. The normalized spacial score (nSPS) is 19.2. The number of nitrogens with one attached hydrogen (secondary N) is 3. The molecule has 0 saturated heterocycles. The first-order valence-corrected chi connectivity index (χ1v) is 15.2. The smallest absolute Gasteiger partial charge is 0.276 e. The van der Waals surface area contributed by atoms with E-state index in [1.54, 1.807) is 0 Å². The fourth-order valence-electron chi connectivity index (χ4n) is 5.14. The third-order valence-corrected chi connectivity index (χ3v) is 9.39. The van der Waals surface area contributed by atoms with Gasteiger partial charge in [-0.25, -0.2) is 26.7 Å². The first-order chi connectivity index (χ1) is 19.7. The molecule has 2 fully saturated rings. The Bertz CT molecular complexity index is 1680. The number of aromatic nitrogens is 4. The Hall–Kier alpha value is -4.13.